The van der Waals surface area contributed by atoms with Crippen LogP contribution >= 0.6 is 0 Å². The van der Waals surface area contributed by atoms with Crippen molar-refractivity contribution in [3.8, 4) is 0 Å². The van der Waals surface area contributed by atoms with Crippen molar-refractivity contribution >= 4 is 11.9 Å². The molecule has 1 aliphatic rings. The maximum absolute atomic E-state index is 12.0. The van der Waals surface area contributed by atoms with Crippen molar-refractivity contribution in [1.29, 1.82) is 0 Å². The molecule has 0 aromatic carbocycles. The van der Waals surface area contributed by atoms with Gasteiger partial charge in [-0.05, 0) is 19.8 Å². The van der Waals surface area contributed by atoms with Crippen LogP contribution in [0.2, 0.25) is 0 Å². The molecular weight excluding hydrogens is 238 g/mol. The van der Waals surface area contributed by atoms with E-state index in [0.717, 1.165) is 0 Å². The molecule has 0 saturated carbocycles. The molecule has 1 rings (SSSR count). The lowest BCUT2D eigenvalue weighted by Gasteiger charge is -2.34. The van der Waals surface area contributed by atoms with Gasteiger partial charge in [-0.1, -0.05) is 0 Å². The van der Waals surface area contributed by atoms with E-state index >= 15 is 0 Å². The van der Waals surface area contributed by atoms with Crippen LogP contribution in [0.15, 0.2) is 0 Å². The fraction of sp³-hybridized carbons (Fsp3) is 0.833. The number of ether oxygens (including phenoxy) is 2. The summed E-state index contributed by atoms with van der Waals surface area (Å²) in [6, 6.07) is 0. The third-order valence-electron chi connectivity index (χ3n) is 3.24. The molecule has 0 aromatic heterocycles. The highest BCUT2D eigenvalue weighted by Crippen LogP contribution is 2.30. The van der Waals surface area contributed by atoms with Gasteiger partial charge in [-0.15, -0.1) is 0 Å². The lowest BCUT2D eigenvalue weighted by molar-refractivity contribution is -0.160. The Morgan fingerprint density at radius 2 is 2.17 bits per heavy atom. The van der Waals surface area contributed by atoms with E-state index in [0.29, 0.717) is 32.6 Å². The molecule has 104 valence electrons. The van der Waals surface area contributed by atoms with E-state index in [1.54, 1.807) is 0 Å². The summed E-state index contributed by atoms with van der Waals surface area (Å²) in [5.41, 5.74) is -1.20. The van der Waals surface area contributed by atoms with Crippen LogP contribution in [0.1, 0.15) is 26.2 Å². The number of carbonyl (C=O) groups excluding carboxylic acids is 1. The van der Waals surface area contributed by atoms with Gasteiger partial charge < -0.3 is 19.5 Å². The summed E-state index contributed by atoms with van der Waals surface area (Å²) in [6.07, 6.45) is 1.35. The smallest absolute Gasteiger partial charge is 0.332 e. The molecule has 1 N–H and O–H groups in total. The minimum absolute atomic E-state index is 0.0305. The molecule has 0 aromatic rings. The van der Waals surface area contributed by atoms with Crippen molar-refractivity contribution in [2.24, 2.45) is 0 Å². The molecule has 1 amide bonds. The van der Waals surface area contributed by atoms with E-state index < -0.39 is 11.5 Å². The SMILES string of the molecule is CCOCCC(=O)N1CCCC1(COC)C(=O)O. The largest absolute Gasteiger partial charge is 0.479 e. The number of carbonyl (C=O) groups is 2. The summed E-state index contributed by atoms with van der Waals surface area (Å²) >= 11 is 0. The summed E-state index contributed by atoms with van der Waals surface area (Å²) in [5, 5.41) is 9.38. The molecule has 1 atom stereocenters. The van der Waals surface area contributed by atoms with Crippen LogP contribution in [0.25, 0.3) is 0 Å². The van der Waals surface area contributed by atoms with E-state index in [1.807, 2.05) is 6.92 Å². The second-order valence-corrected chi connectivity index (χ2v) is 4.37. The number of hydrogen-bond acceptors (Lipinski definition) is 4. The van der Waals surface area contributed by atoms with Gasteiger partial charge >= 0.3 is 5.97 Å². The first-order chi connectivity index (χ1) is 8.58. The van der Waals surface area contributed by atoms with Crippen LogP contribution in [0.5, 0.6) is 0 Å². The summed E-state index contributed by atoms with van der Waals surface area (Å²) in [6.45, 7) is 3.24. The minimum Gasteiger partial charge on any atom is -0.479 e. The highest BCUT2D eigenvalue weighted by Gasteiger charge is 2.49. The zero-order chi connectivity index (χ0) is 13.6. The summed E-state index contributed by atoms with van der Waals surface area (Å²) < 4.78 is 10.1. The van der Waals surface area contributed by atoms with Crippen LogP contribution in [0.4, 0.5) is 0 Å². The number of likely N-dealkylation sites (tertiary alicyclic amines) is 1. The minimum atomic E-state index is -1.20. The first-order valence-electron chi connectivity index (χ1n) is 6.19. The molecule has 1 heterocycles. The Hall–Kier alpha value is -1.14. The van der Waals surface area contributed by atoms with Gasteiger partial charge in [-0.3, -0.25) is 4.79 Å². The monoisotopic (exact) mass is 259 g/mol. The average molecular weight is 259 g/mol. The number of methoxy groups -OCH3 is 1. The normalized spacial score (nSPS) is 23.3. The maximum Gasteiger partial charge on any atom is 0.332 e. The van der Waals surface area contributed by atoms with Crippen molar-refractivity contribution in [1.82, 2.24) is 4.90 Å². The van der Waals surface area contributed by atoms with Crippen molar-refractivity contribution < 1.29 is 24.2 Å². The van der Waals surface area contributed by atoms with E-state index in [2.05, 4.69) is 0 Å². The highest BCUT2D eigenvalue weighted by atomic mass is 16.5. The van der Waals surface area contributed by atoms with Gasteiger partial charge in [0.05, 0.1) is 19.6 Å². The van der Waals surface area contributed by atoms with E-state index in [-0.39, 0.29) is 18.9 Å². The fourth-order valence-corrected chi connectivity index (χ4v) is 2.35. The van der Waals surface area contributed by atoms with Crippen molar-refractivity contribution in [3.05, 3.63) is 0 Å². The van der Waals surface area contributed by atoms with Crippen LogP contribution in [-0.2, 0) is 19.1 Å². The van der Waals surface area contributed by atoms with Gasteiger partial charge in [-0.2, -0.15) is 0 Å². The molecule has 0 spiro atoms. The third-order valence-corrected chi connectivity index (χ3v) is 3.24. The Bertz CT molecular complexity index is 307. The van der Waals surface area contributed by atoms with E-state index in [9.17, 15) is 14.7 Å². The van der Waals surface area contributed by atoms with Crippen LogP contribution in [0.3, 0.4) is 0 Å². The van der Waals surface area contributed by atoms with Gasteiger partial charge in [0.25, 0.3) is 0 Å². The van der Waals surface area contributed by atoms with Crippen molar-refractivity contribution in [3.63, 3.8) is 0 Å². The summed E-state index contributed by atoms with van der Waals surface area (Å²) in [7, 11) is 1.45. The zero-order valence-electron chi connectivity index (χ0n) is 11.0. The molecule has 0 radical (unpaired) electrons. The number of hydrogen-bond donors (Lipinski definition) is 1. The number of nitrogens with zero attached hydrogens (tertiary/aromatic N) is 1. The van der Waals surface area contributed by atoms with Crippen LogP contribution in [0, 0.1) is 0 Å². The highest BCUT2D eigenvalue weighted by molar-refractivity contribution is 5.88. The van der Waals surface area contributed by atoms with Gasteiger partial charge in [-0.25, -0.2) is 4.79 Å². The Labute approximate surface area is 107 Å². The molecule has 1 aliphatic heterocycles. The Morgan fingerprint density at radius 1 is 1.44 bits per heavy atom. The second-order valence-electron chi connectivity index (χ2n) is 4.37. The number of carboxylic acids is 1. The van der Waals surface area contributed by atoms with Crippen LogP contribution in [-0.4, -0.2) is 60.9 Å². The first kappa shape index (κ1) is 14.9. The van der Waals surface area contributed by atoms with Gasteiger partial charge in [0.2, 0.25) is 5.91 Å². The summed E-state index contributed by atoms with van der Waals surface area (Å²) in [4.78, 5) is 24.9. The quantitative estimate of drug-likeness (QED) is 0.674. The number of aliphatic carboxylic acids is 1. The molecule has 1 saturated heterocycles. The number of rotatable bonds is 7. The molecule has 18 heavy (non-hydrogen) atoms. The molecule has 1 unspecified atom stereocenters. The maximum atomic E-state index is 12.0. The second kappa shape index (κ2) is 6.70. The van der Waals surface area contributed by atoms with Gasteiger partial charge in [0, 0.05) is 20.3 Å². The average Bonchev–Trinajstić information content (AvgIpc) is 2.75. The fourth-order valence-electron chi connectivity index (χ4n) is 2.35. The molecule has 0 aliphatic carbocycles. The van der Waals surface area contributed by atoms with Gasteiger partial charge in [0.1, 0.15) is 0 Å². The lowest BCUT2D eigenvalue weighted by atomic mass is 9.97. The Balaban J connectivity index is 2.72. The number of carboxylic acid groups (broad SMARTS) is 1. The lowest BCUT2D eigenvalue weighted by Crippen LogP contribution is -2.56. The molecular formula is C12H21NO5. The first-order valence-corrected chi connectivity index (χ1v) is 6.19. The third kappa shape index (κ3) is 3.00. The summed E-state index contributed by atoms with van der Waals surface area (Å²) in [5.74, 6) is -1.17. The molecule has 6 nitrogen and oxygen atoms in total. The molecule has 6 heteroatoms. The van der Waals surface area contributed by atoms with Crippen LogP contribution < -0.4 is 0 Å². The molecule has 1 fully saturated rings. The van der Waals surface area contributed by atoms with E-state index in [1.165, 1.54) is 12.0 Å². The van der Waals surface area contributed by atoms with Crippen molar-refractivity contribution in [2.75, 3.05) is 33.5 Å². The van der Waals surface area contributed by atoms with E-state index in [4.69, 9.17) is 9.47 Å². The number of amides is 1. The standard InChI is InChI=1S/C12H21NO5/c1-3-18-8-5-10(14)13-7-4-6-12(13,9-17-2)11(15)16/h3-9H2,1-2H3,(H,15,16). The van der Waals surface area contributed by atoms with Crippen molar-refractivity contribution in [2.45, 2.75) is 31.7 Å². The topological polar surface area (TPSA) is 76.1 Å². The Kier molecular flexibility index (Phi) is 5.55. The van der Waals surface area contributed by atoms with Gasteiger partial charge in [0.15, 0.2) is 5.54 Å². The predicted octanol–water partition coefficient (Wildman–Crippen LogP) is 0.505. The zero-order valence-corrected chi connectivity index (χ0v) is 11.0. The molecule has 0 bridgehead atoms. The Morgan fingerprint density at radius 3 is 2.72 bits per heavy atom. The predicted molar refractivity (Wildman–Crippen MR) is 64.3 cm³/mol.